The number of aryl methyl sites for hydroxylation is 1. The van der Waals surface area contributed by atoms with Gasteiger partial charge in [0.15, 0.2) is 0 Å². The highest BCUT2D eigenvalue weighted by molar-refractivity contribution is 5.99. The summed E-state index contributed by atoms with van der Waals surface area (Å²) in [4.78, 5) is 18.1. The Labute approximate surface area is 124 Å². The number of amides is 1. The van der Waals surface area contributed by atoms with Crippen LogP contribution in [0.15, 0.2) is 12.3 Å². The summed E-state index contributed by atoms with van der Waals surface area (Å²) in [6.45, 7) is 3.11. The lowest BCUT2D eigenvalue weighted by Gasteiger charge is -2.35. The summed E-state index contributed by atoms with van der Waals surface area (Å²) in [5.41, 5.74) is 3.31. The Bertz CT molecular complexity index is 515. The number of hydrogen-bond donors (Lipinski definition) is 3. The topological polar surface area (TPSA) is 101 Å². The minimum absolute atomic E-state index is 0.227. The number of anilines is 1. The third-order valence-electron chi connectivity index (χ3n) is 3.73. The highest BCUT2D eigenvalue weighted by atomic mass is 16.5. The molecule has 0 radical (unpaired) electrons. The summed E-state index contributed by atoms with van der Waals surface area (Å²) < 4.78 is 5.24. The molecule has 0 saturated carbocycles. The number of pyridine rings is 1. The van der Waals surface area contributed by atoms with E-state index in [0.29, 0.717) is 37.3 Å². The van der Waals surface area contributed by atoms with Gasteiger partial charge in [-0.3, -0.25) is 15.6 Å². The molecule has 1 aliphatic heterocycles. The van der Waals surface area contributed by atoms with Crippen molar-refractivity contribution in [2.75, 3.05) is 32.2 Å². The van der Waals surface area contributed by atoms with Gasteiger partial charge in [0.05, 0.1) is 16.9 Å². The number of hydrogen-bond acceptors (Lipinski definition) is 6. The van der Waals surface area contributed by atoms with Crippen molar-refractivity contribution in [3.05, 3.63) is 23.5 Å². The van der Waals surface area contributed by atoms with Crippen LogP contribution in [0.1, 0.15) is 28.9 Å². The first-order valence-electron chi connectivity index (χ1n) is 6.94. The Morgan fingerprint density at radius 3 is 2.86 bits per heavy atom. The number of ether oxygens (including phenoxy) is 1. The van der Waals surface area contributed by atoms with Crippen LogP contribution in [-0.4, -0.2) is 53.3 Å². The minimum atomic E-state index is -0.892. The normalized spacial score (nSPS) is 17.3. The zero-order chi connectivity index (χ0) is 15.5. The second kappa shape index (κ2) is 6.38. The van der Waals surface area contributed by atoms with Crippen LogP contribution in [0.2, 0.25) is 0 Å². The standard InChI is InChI=1S/C14H22N4O3/c1-10-7-12(17-15)11(8-16-10)13(19)18(2)9-14(20)3-5-21-6-4-14/h7-8,20H,3-6,9,15H2,1-2H3,(H,16,17). The number of likely N-dealkylation sites (N-methyl/N-ethyl adjacent to an activating group) is 1. The van der Waals surface area contributed by atoms with E-state index in [1.54, 1.807) is 13.1 Å². The number of nitrogens with two attached hydrogens (primary N) is 1. The Balaban J connectivity index is 2.12. The maximum Gasteiger partial charge on any atom is 0.257 e. The predicted octanol–water partition coefficient (Wildman–Crippen LogP) is 0.289. The smallest absolute Gasteiger partial charge is 0.257 e. The number of nitrogens with one attached hydrogen (secondary N) is 1. The molecule has 1 fully saturated rings. The number of carbonyl (C=O) groups excluding carboxylic acids is 1. The predicted molar refractivity (Wildman–Crippen MR) is 78.7 cm³/mol. The molecule has 1 aromatic rings. The summed E-state index contributed by atoms with van der Waals surface area (Å²) in [7, 11) is 1.66. The number of aromatic nitrogens is 1. The van der Waals surface area contributed by atoms with E-state index in [1.165, 1.54) is 11.1 Å². The van der Waals surface area contributed by atoms with Crippen molar-refractivity contribution in [2.45, 2.75) is 25.4 Å². The van der Waals surface area contributed by atoms with Gasteiger partial charge in [-0.15, -0.1) is 0 Å². The number of aliphatic hydroxyl groups is 1. The molecule has 1 aromatic heterocycles. The van der Waals surface area contributed by atoms with E-state index < -0.39 is 5.60 Å². The minimum Gasteiger partial charge on any atom is -0.388 e. The lowest BCUT2D eigenvalue weighted by Crippen LogP contribution is -2.47. The van der Waals surface area contributed by atoms with E-state index in [0.717, 1.165) is 5.69 Å². The molecule has 7 heteroatoms. The Morgan fingerprint density at radius 1 is 1.57 bits per heavy atom. The quantitative estimate of drug-likeness (QED) is 0.545. The molecule has 1 saturated heterocycles. The maximum atomic E-state index is 12.5. The van der Waals surface area contributed by atoms with E-state index >= 15 is 0 Å². The van der Waals surface area contributed by atoms with E-state index in [1.807, 2.05) is 6.92 Å². The summed E-state index contributed by atoms with van der Waals surface area (Å²) in [6, 6.07) is 1.71. The molecule has 21 heavy (non-hydrogen) atoms. The molecule has 1 amide bonds. The maximum absolute atomic E-state index is 12.5. The Morgan fingerprint density at radius 2 is 2.24 bits per heavy atom. The van der Waals surface area contributed by atoms with E-state index in [9.17, 15) is 9.90 Å². The average Bonchev–Trinajstić information content (AvgIpc) is 2.46. The van der Waals surface area contributed by atoms with Crippen molar-refractivity contribution in [3.63, 3.8) is 0 Å². The number of carbonyl (C=O) groups is 1. The van der Waals surface area contributed by atoms with Crippen LogP contribution in [0.4, 0.5) is 5.69 Å². The van der Waals surface area contributed by atoms with E-state index in [-0.39, 0.29) is 12.5 Å². The van der Waals surface area contributed by atoms with Gasteiger partial charge in [-0.1, -0.05) is 0 Å². The SMILES string of the molecule is Cc1cc(NN)c(C(=O)N(C)CC2(O)CCOCC2)cn1. The van der Waals surface area contributed by atoms with Crippen LogP contribution in [-0.2, 0) is 4.74 Å². The van der Waals surface area contributed by atoms with Crippen LogP contribution in [0.3, 0.4) is 0 Å². The van der Waals surface area contributed by atoms with Crippen molar-refractivity contribution in [2.24, 2.45) is 5.84 Å². The van der Waals surface area contributed by atoms with Gasteiger partial charge in [0.2, 0.25) is 0 Å². The van der Waals surface area contributed by atoms with Gasteiger partial charge in [0.25, 0.3) is 5.91 Å². The molecular formula is C14H22N4O3. The van der Waals surface area contributed by atoms with Crippen molar-refractivity contribution >= 4 is 11.6 Å². The van der Waals surface area contributed by atoms with Gasteiger partial charge >= 0.3 is 0 Å². The Hall–Kier alpha value is -1.70. The number of rotatable bonds is 4. The number of nitrogen functional groups attached to an aromatic ring is 1. The highest BCUT2D eigenvalue weighted by Gasteiger charge is 2.33. The third kappa shape index (κ3) is 3.69. The molecule has 0 spiro atoms. The molecule has 1 aliphatic rings. The zero-order valence-corrected chi connectivity index (χ0v) is 12.4. The Kier molecular flexibility index (Phi) is 4.76. The van der Waals surface area contributed by atoms with E-state index in [4.69, 9.17) is 10.6 Å². The molecule has 0 bridgehead atoms. The second-order valence-corrected chi connectivity index (χ2v) is 5.51. The van der Waals surface area contributed by atoms with Crippen molar-refractivity contribution < 1.29 is 14.6 Å². The van der Waals surface area contributed by atoms with Gasteiger partial charge < -0.3 is 20.2 Å². The van der Waals surface area contributed by atoms with Crippen LogP contribution in [0.5, 0.6) is 0 Å². The fraction of sp³-hybridized carbons (Fsp3) is 0.571. The van der Waals surface area contributed by atoms with Crippen LogP contribution < -0.4 is 11.3 Å². The van der Waals surface area contributed by atoms with Crippen LogP contribution in [0.25, 0.3) is 0 Å². The van der Waals surface area contributed by atoms with Gasteiger partial charge in [0, 0.05) is 51.5 Å². The second-order valence-electron chi connectivity index (χ2n) is 5.51. The zero-order valence-electron chi connectivity index (χ0n) is 12.4. The number of hydrazine groups is 1. The first-order chi connectivity index (χ1) is 9.95. The first-order valence-corrected chi connectivity index (χ1v) is 6.94. The summed E-state index contributed by atoms with van der Waals surface area (Å²) in [5.74, 6) is 5.23. The summed E-state index contributed by atoms with van der Waals surface area (Å²) in [5, 5.41) is 10.5. The molecule has 0 unspecified atom stereocenters. The fourth-order valence-corrected chi connectivity index (χ4v) is 2.48. The van der Waals surface area contributed by atoms with Crippen molar-refractivity contribution in [1.29, 1.82) is 0 Å². The van der Waals surface area contributed by atoms with Gasteiger partial charge in [-0.05, 0) is 13.0 Å². The highest BCUT2D eigenvalue weighted by Crippen LogP contribution is 2.23. The molecular weight excluding hydrogens is 272 g/mol. The van der Waals surface area contributed by atoms with E-state index in [2.05, 4.69) is 10.4 Å². The lowest BCUT2D eigenvalue weighted by molar-refractivity contribution is -0.0734. The molecule has 2 heterocycles. The lowest BCUT2D eigenvalue weighted by atomic mass is 9.93. The molecule has 0 aromatic carbocycles. The molecule has 116 valence electrons. The summed E-state index contributed by atoms with van der Waals surface area (Å²) in [6.07, 6.45) is 2.55. The van der Waals surface area contributed by atoms with Crippen molar-refractivity contribution in [3.8, 4) is 0 Å². The fourth-order valence-electron chi connectivity index (χ4n) is 2.48. The average molecular weight is 294 g/mol. The van der Waals surface area contributed by atoms with Gasteiger partial charge in [-0.25, -0.2) is 0 Å². The first kappa shape index (κ1) is 15.7. The van der Waals surface area contributed by atoms with Gasteiger partial charge in [0.1, 0.15) is 0 Å². The summed E-state index contributed by atoms with van der Waals surface area (Å²) >= 11 is 0. The molecule has 0 atom stereocenters. The molecule has 7 nitrogen and oxygen atoms in total. The largest absolute Gasteiger partial charge is 0.388 e. The molecule has 0 aliphatic carbocycles. The number of nitrogens with zero attached hydrogens (tertiary/aromatic N) is 2. The molecule has 2 rings (SSSR count). The molecule has 4 N–H and O–H groups in total. The van der Waals surface area contributed by atoms with Gasteiger partial charge in [-0.2, -0.15) is 0 Å². The van der Waals surface area contributed by atoms with Crippen LogP contribution >= 0.6 is 0 Å². The third-order valence-corrected chi connectivity index (χ3v) is 3.73. The van der Waals surface area contributed by atoms with Crippen molar-refractivity contribution in [1.82, 2.24) is 9.88 Å². The monoisotopic (exact) mass is 294 g/mol. The van der Waals surface area contributed by atoms with Crippen LogP contribution in [0, 0.1) is 6.92 Å².